The lowest BCUT2D eigenvalue weighted by Gasteiger charge is -2.31. The van der Waals surface area contributed by atoms with Crippen molar-refractivity contribution in [3.63, 3.8) is 0 Å². The van der Waals surface area contributed by atoms with E-state index in [0.717, 1.165) is 31.7 Å². The number of rotatable bonds is 4. The van der Waals surface area contributed by atoms with Gasteiger partial charge in [0.1, 0.15) is 5.78 Å². The molecule has 1 fully saturated rings. The second-order valence-corrected chi connectivity index (χ2v) is 5.88. The van der Waals surface area contributed by atoms with Crippen LogP contribution in [0.4, 0.5) is 5.69 Å². The Hall–Kier alpha value is -1.31. The molecule has 2 atom stereocenters. The van der Waals surface area contributed by atoms with Gasteiger partial charge in [-0.15, -0.1) is 0 Å². The number of carbonyl (C=O) groups excluding carboxylic acids is 1. The zero-order chi connectivity index (χ0) is 13.8. The molecule has 1 aliphatic rings. The number of carbonyl (C=O) groups is 1. The van der Waals surface area contributed by atoms with Gasteiger partial charge in [0.2, 0.25) is 0 Å². The number of anilines is 1. The summed E-state index contributed by atoms with van der Waals surface area (Å²) >= 11 is 0. The zero-order valence-corrected chi connectivity index (χ0v) is 12.4. The van der Waals surface area contributed by atoms with E-state index in [0.29, 0.717) is 5.78 Å². The van der Waals surface area contributed by atoms with Gasteiger partial charge in [-0.25, -0.2) is 0 Å². The highest BCUT2D eigenvalue weighted by atomic mass is 16.1. The van der Waals surface area contributed by atoms with Gasteiger partial charge < -0.3 is 4.90 Å². The second-order valence-electron chi connectivity index (χ2n) is 5.88. The van der Waals surface area contributed by atoms with E-state index in [2.05, 4.69) is 50.1 Å². The molecule has 0 heterocycles. The highest BCUT2D eigenvalue weighted by Crippen LogP contribution is 2.30. The third-order valence-corrected chi connectivity index (χ3v) is 4.47. The zero-order valence-electron chi connectivity index (χ0n) is 12.4. The average Bonchev–Trinajstić information content (AvgIpc) is 2.41. The predicted octanol–water partition coefficient (Wildman–Crippen LogP) is 3.83. The van der Waals surface area contributed by atoms with Gasteiger partial charge in [-0.05, 0) is 37.3 Å². The topological polar surface area (TPSA) is 20.3 Å². The number of aryl methyl sites for hydroxylation is 1. The minimum atomic E-state index is 0.225. The maximum absolute atomic E-state index is 12.1. The van der Waals surface area contributed by atoms with E-state index in [9.17, 15) is 4.79 Å². The molecule has 0 saturated heterocycles. The molecule has 0 aromatic heterocycles. The molecular formula is C17H25NO. The van der Waals surface area contributed by atoms with Crippen molar-refractivity contribution in [3.05, 3.63) is 29.8 Å². The normalized spacial score (nSPS) is 23.4. The van der Waals surface area contributed by atoms with Gasteiger partial charge in [-0.3, -0.25) is 4.79 Å². The number of nitrogens with zero attached hydrogens (tertiary/aromatic N) is 1. The SMILES string of the molecule is CCC1CCC(=O)C(CN(C)c2ccccc2C)C1. The Morgan fingerprint density at radius 2 is 2.05 bits per heavy atom. The van der Waals surface area contributed by atoms with Gasteiger partial charge >= 0.3 is 0 Å². The molecular weight excluding hydrogens is 234 g/mol. The Kier molecular flexibility index (Phi) is 4.62. The first kappa shape index (κ1) is 14.1. The van der Waals surface area contributed by atoms with E-state index in [1.54, 1.807) is 0 Å². The Morgan fingerprint density at radius 1 is 1.32 bits per heavy atom. The van der Waals surface area contributed by atoms with Crippen LogP contribution in [-0.2, 0) is 4.79 Å². The number of hydrogen-bond donors (Lipinski definition) is 0. The first-order valence-corrected chi connectivity index (χ1v) is 7.41. The highest BCUT2D eigenvalue weighted by molar-refractivity contribution is 5.82. The quantitative estimate of drug-likeness (QED) is 0.819. The van der Waals surface area contributed by atoms with Crippen LogP contribution in [0.1, 0.15) is 38.2 Å². The molecule has 2 unspecified atom stereocenters. The summed E-state index contributed by atoms with van der Waals surface area (Å²) in [5.74, 6) is 1.43. The third-order valence-electron chi connectivity index (χ3n) is 4.47. The Balaban J connectivity index is 2.03. The van der Waals surface area contributed by atoms with Crippen molar-refractivity contribution in [2.24, 2.45) is 11.8 Å². The molecule has 0 spiro atoms. The van der Waals surface area contributed by atoms with E-state index >= 15 is 0 Å². The minimum absolute atomic E-state index is 0.225. The molecule has 1 aliphatic carbocycles. The summed E-state index contributed by atoms with van der Waals surface area (Å²) < 4.78 is 0. The maximum Gasteiger partial charge on any atom is 0.137 e. The first-order chi connectivity index (χ1) is 9.11. The van der Waals surface area contributed by atoms with E-state index in [-0.39, 0.29) is 5.92 Å². The van der Waals surface area contributed by atoms with Crippen molar-refractivity contribution in [1.29, 1.82) is 0 Å². The van der Waals surface area contributed by atoms with Gasteiger partial charge in [-0.2, -0.15) is 0 Å². The van der Waals surface area contributed by atoms with Crippen molar-refractivity contribution in [2.45, 2.75) is 39.5 Å². The summed E-state index contributed by atoms with van der Waals surface area (Å²) in [4.78, 5) is 14.3. The molecule has 2 heteroatoms. The smallest absolute Gasteiger partial charge is 0.137 e. The Bertz CT molecular complexity index is 441. The summed E-state index contributed by atoms with van der Waals surface area (Å²) in [5.41, 5.74) is 2.52. The Morgan fingerprint density at radius 3 is 2.74 bits per heavy atom. The second kappa shape index (κ2) is 6.23. The fourth-order valence-electron chi connectivity index (χ4n) is 3.17. The molecule has 0 aliphatic heterocycles. The summed E-state index contributed by atoms with van der Waals surface area (Å²) in [5, 5.41) is 0. The Labute approximate surface area is 116 Å². The van der Waals surface area contributed by atoms with Gasteiger partial charge in [0.25, 0.3) is 0 Å². The lowest BCUT2D eigenvalue weighted by Crippen LogP contribution is -2.35. The van der Waals surface area contributed by atoms with Crippen LogP contribution in [0.3, 0.4) is 0 Å². The van der Waals surface area contributed by atoms with Crippen LogP contribution in [0.15, 0.2) is 24.3 Å². The molecule has 0 N–H and O–H groups in total. The van der Waals surface area contributed by atoms with Crippen LogP contribution in [0.5, 0.6) is 0 Å². The van der Waals surface area contributed by atoms with Crippen molar-refractivity contribution in [2.75, 3.05) is 18.5 Å². The molecule has 0 radical (unpaired) electrons. The molecule has 0 bridgehead atoms. The van der Waals surface area contributed by atoms with Crippen LogP contribution >= 0.6 is 0 Å². The molecule has 104 valence electrons. The number of benzene rings is 1. The number of Topliss-reactive ketones (excluding diaryl/α,β-unsaturated/α-hetero) is 1. The number of ketones is 1. The number of hydrogen-bond acceptors (Lipinski definition) is 2. The lowest BCUT2D eigenvalue weighted by atomic mass is 9.79. The molecule has 1 aromatic carbocycles. The summed E-state index contributed by atoms with van der Waals surface area (Å²) in [7, 11) is 2.10. The van der Waals surface area contributed by atoms with E-state index in [4.69, 9.17) is 0 Å². The van der Waals surface area contributed by atoms with Crippen molar-refractivity contribution in [1.82, 2.24) is 0 Å². The third kappa shape index (κ3) is 3.37. The average molecular weight is 259 g/mol. The monoisotopic (exact) mass is 259 g/mol. The van der Waals surface area contributed by atoms with Crippen LogP contribution < -0.4 is 4.90 Å². The molecule has 1 aromatic rings. The summed E-state index contributed by atoms with van der Waals surface area (Å²) in [6.07, 6.45) is 4.16. The molecule has 1 saturated carbocycles. The fourth-order valence-corrected chi connectivity index (χ4v) is 3.17. The van der Waals surface area contributed by atoms with Crippen LogP contribution in [0, 0.1) is 18.8 Å². The largest absolute Gasteiger partial charge is 0.374 e. The number of para-hydroxylation sites is 1. The highest BCUT2D eigenvalue weighted by Gasteiger charge is 2.28. The molecule has 2 rings (SSSR count). The van der Waals surface area contributed by atoms with Crippen molar-refractivity contribution < 1.29 is 4.79 Å². The van der Waals surface area contributed by atoms with Gasteiger partial charge in [0.05, 0.1) is 0 Å². The van der Waals surface area contributed by atoms with Gasteiger partial charge in [0.15, 0.2) is 0 Å². The van der Waals surface area contributed by atoms with E-state index in [1.807, 2.05) is 0 Å². The molecule has 19 heavy (non-hydrogen) atoms. The van der Waals surface area contributed by atoms with Gasteiger partial charge in [0, 0.05) is 31.6 Å². The minimum Gasteiger partial charge on any atom is -0.374 e. The molecule has 2 nitrogen and oxygen atoms in total. The van der Waals surface area contributed by atoms with E-state index < -0.39 is 0 Å². The first-order valence-electron chi connectivity index (χ1n) is 7.41. The van der Waals surface area contributed by atoms with Crippen molar-refractivity contribution in [3.8, 4) is 0 Å². The maximum atomic E-state index is 12.1. The van der Waals surface area contributed by atoms with Crippen LogP contribution in [0.2, 0.25) is 0 Å². The lowest BCUT2D eigenvalue weighted by molar-refractivity contribution is -0.125. The summed E-state index contributed by atoms with van der Waals surface area (Å²) in [6, 6.07) is 8.39. The standard InChI is InChI=1S/C17H25NO/c1-4-14-9-10-17(19)15(11-14)12-18(3)16-8-6-5-7-13(16)2/h5-8,14-15H,4,9-12H2,1-3H3. The van der Waals surface area contributed by atoms with Crippen LogP contribution in [-0.4, -0.2) is 19.4 Å². The predicted molar refractivity (Wildman–Crippen MR) is 80.6 cm³/mol. The van der Waals surface area contributed by atoms with E-state index in [1.165, 1.54) is 17.7 Å². The van der Waals surface area contributed by atoms with Crippen molar-refractivity contribution >= 4 is 11.5 Å². The van der Waals surface area contributed by atoms with Crippen LogP contribution in [0.25, 0.3) is 0 Å². The fraction of sp³-hybridized carbons (Fsp3) is 0.588. The molecule has 0 amide bonds. The van der Waals surface area contributed by atoms with Gasteiger partial charge in [-0.1, -0.05) is 31.5 Å². The summed E-state index contributed by atoms with van der Waals surface area (Å²) in [6.45, 7) is 5.23.